The molecule has 0 spiro atoms. The van der Waals surface area contributed by atoms with Crippen LogP contribution >= 0.6 is 0 Å². The lowest BCUT2D eigenvalue weighted by Gasteiger charge is -2.31. The second kappa shape index (κ2) is 12.1. The Kier molecular flexibility index (Phi) is 9.57. The van der Waals surface area contributed by atoms with E-state index >= 15 is 0 Å². The van der Waals surface area contributed by atoms with Gasteiger partial charge in [-0.05, 0) is 68.5 Å². The normalized spacial score (nSPS) is 12.6. The summed E-state index contributed by atoms with van der Waals surface area (Å²) in [6.07, 6.45) is 1.32. The van der Waals surface area contributed by atoms with Gasteiger partial charge in [-0.1, -0.05) is 38.1 Å². The molecule has 0 aromatic heterocycles. The molecular weight excluding hydrogens is 404 g/mol. The summed E-state index contributed by atoms with van der Waals surface area (Å²) in [6, 6.07) is 12.8. The molecular formula is C26H36N2O4. The minimum absolute atomic E-state index is 0.0384. The Labute approximate surface area is 191 Å². The van der Waals surface area contributed by atoms with E-state index in [9.17, 15) is 9.59 Å². The number of benzene rings is 2. The van der Waals surface area contributed by atoms with Crippen LogP contribution in [0.5, 0.6) is 11.5 Å². The van der Waals surface area contributed by atoms with Crippen molar-refractivity contribution in [3.05, 3.63) is 59.2 Å². The van der Waals surface area contributed by atoms with Gasteiger partial charge in [-0.15, -0.1) is 0 Å². The van der Waals surface area contributed by atoms with Crippen molar-refractivity contribution in [3.8, 4) is 11.5 Å². The number of amides is 2. The largest absolute Gasteiger partial charge is 0.497 e. The lowest BCUT2D eigenvalue weighted by molar-refractivity contribution is -0.143. The zero-order valence-corrected chi connectivity index (χ0v) is 20.1. The van der Waals surface area contributed by atoms with Crippen molar-refractivity contribution in [2.75, 3.05) is 13.7 Å². The van der Waals surface area contributed by atoms with Gasteiger partial charge in [0.1, 0.15) is 17.5 Å². The highest BCUT2D eigenvalue weighted by atomic mass is 16.5. The smallest absolute Gasteiger partial charge is 0.261 e. The highest BCUT2D eigenvalue weighted by Gasteiger charge is 2.29. The average Bonchev–Trinajstić information content (AvgIpc) is 2.79. The first kappa shape index (κ1) is 25.2. The minimum atomic E-state index is -0.593. The zero-order chi connectivity index (χ0) is 23.7. The molecule has 174 valence electrons. The third-order valence-electron chi connectivity index (χ3n) is 5.78. The summed E-state index contributed by atoms with van der Waals surface area (Å²) in [6.45, 7) is 10.0. The van der Waals surface area contributed by atoms with Crippen LogP contribution in [-0.4, -0.2) is 42.5 Å². The van der Waals surface area contributed by atoms with Crippen LogP contribution in [0.1, 0.15) is 50.3 Å². The monoisotopic (exact) mass is 440 g/mol. The van der Waals surface area contributed by atoms with E-state index < -0.39 is 6.04 Å². The van der Waals surface area contributed by atoms with Crippen molar-refractivity contribution in [1.29, 1.82) is 0 Å². The molecule has 1 N–H and O–H groups in total. The number of carbonyl (C=O) groups is 2. The third-order valence-corrected chi connectivity index (χ3v) is 5.78. The second-order valence-electron chi connectivity index (χ2n) is 8.10. The maximum atomic E-state index is 13.3. The summed E-state index contributed by atoms with van der Waals surface area (Å²) in [5.74, 6) is 1.00. The summed E-state index contributed by atoms with van der Waals surface area (Å²) < 4.78 is 11.2. The molecule has 6 heteroatoms. The van der Waals surface area contributed by atoms with Crippen LogP contribution in [0.15, 0.2) is 42.5 Å². The first-order chi connectivity index (χ1) is 15.3. The van der Waals surface area contributed by atoms with Crippen molar-refractivity contribution >= 4 is 11.8 Å². The van der Waals surface area contributed by atoms with E-state index in [1.54, 1.807) is 12.0 Å². The topological polar surface area (TPSA) is 67.9 Å². The van der Waals surface area contributed by atoms with Gasteiger partial charge in [0.15, 0.2) is 6.61 Å². The molecule has 0 aliphatic rings. The van der Waals surface area contributed by atoms with Crippen molar-refractivity contribution in [3.63, 3.8) is 0 Å². The van der Waals surface area contributed by atoms with E-state index in [4.69, 9.17) is 9.47 Å². The molecule has 0 radical (unpaired) electrons. The zero-order valence-electron chi connectivity index (χ0n) is 20.1. The average molecular weight is 441 g/mol. The fourth-order valence-corrected chi connectivity index (χ4v) is 3.43. The number of hydrogen-bond donors (Lipinski definition) is 1. The van der Waals surface area contributed by atoms with E-state index in [0.717, 1.165) is 23.1 Å². The first-order valence-corrected chi connectivity index (χ1v) is 11.2. The van der Waals surface area contributed by atoms with E-state index in [0.29, 0.717) is 24.5 Å². The first-order valence-electron chi connectivity index (χ1n) is 11.2. The summed E-state index contributed by atoms with van der Waals surface area (Å²) in [5, 5.41) is 3.02. The van der Waals surface area contributed by atoms with Crippen LogP contribution in [-0.2, 0) is 16.1 Å². The SMILES string of the molecule is CCC(C)NC(=O)C(CC)N(Cc1cccc(OC)c1)C(=O)COc1cccc(C)c1C. The number of rotatable bonds is 11. The fraction of sp³-hybridized carbons (Fsp3) is 0.462. The Morgan fingerprint density at radius 3 is 2.44 bits per heavy atom. The van der Waals surface area contributed by atoms with Gasteiger partial charge in [-0.2, -0.15) is 0 Å². The highest BCUT2D eigenvalue weighted by molar-refractivity contribution is 5.88. The summed E-state index contributed by atoms with van der Waals surface area (Å²) in [7, 11) is 1.61. The Morgan fingerprint density at radius 1 is 1.06 bits per heavy atom. The van der Waals surface area contributed by atoms with Crippen LogP contribution in [0.25, 0.3) is 0 Å². The molecule has 0 fully saturated rings. The third kappa shape index (κ3) is 6.74. The molecule has 2 aromatic carbocycles. The van der Waals surface area contributed by atoms with Gasteiger partial charge in [-0.25, -0.2) is 0 Å². The molecule has 0 aliphatic carbocycles. The molecule has 2 aromatic rings. The van der Waals surface area contributed by atoms with Crippen molar-refractivity contribution < 1.29 is 19.1 Å². The van der Waals surface area contributed by atoms with E-state index in [2.05, 4.69) is 5.32 Å². The maximum Gasteiger partial charge on any atom is 0.261 e. The van der Waals surface area contributed by atoms with E-state index in [-0.39, 0.29) is 24.5 Å². The standard InChI is InChI=1S/C26H36N2O4/c1-7-19(4)27-26(30)23(8-2)28(16-21-12-10-13-22(15-21)31-6)25(29)17-32-24-14-9-11-18(3)20(24)5/h9-15,19,23H,7-8,16-17H2,1-6H3,(H,27,30). The summed E-state index contributed by atoms with van der Waals surface area (Å²) in [5.41, 5.74) is 2.99. The Bertz CT molecular complexity index is 912. The van der Waals surface area contributed by atoms with Gasteiger partial charge in [0.05, 0.1) is 7.11 Å². The minimum Gasteiger partial charge on any atom is -0.497 e. The number of aryl methyl sites for hydroxylation is 1. The predicted octanol–water partition coefficient (Wildman–Crippen LogP) is 4.41. The molecule has 0 bridgehead atoms. The second-order valence-corrected chi connectivity index (χ2v) is 8.10. The van der Waals surface area contributed by atoms with Crippen molar-refractivity contribution in [1.82, 2.24) is 10.2 Å². The van der Waals surface area contributed by atoms with Crippen LogP contribution < -0.4 is 14.8 Å². The van der Waals surface area contributed by atoms with Crippen LogP contribution in [0.2, 0.25) is 0 Å². The molecule has 6 nitrogen and oxygen atoms in total. The summed E-state index contributed by atoms with van der Waals surface area (Å²) >= 11 is 0. The van der Waals surface area contributed by atoms with Crippen molar-refractivity contribution in [2.45, 2.75) is 66.1 Å². The number of nitrogens with zero attached hydrogens (tertiary/aromatic N) is 1. The Balaban J connectivity index is 2.27. The van der Waals surface area contributed by atoms with Gasteiger partial charge < -0.3 is 19.7 Å². The molecule has 0 aliphatic heterocycles. The van der Waals surface area contributed by atoms with E-state index in [1.165, 1.54) is 0 Å². The lowest BCUT2D eigenvalue weighted by Crippen LogP contribution is -2.51. The summed E-state index contributed by atoms with van der Waals surface area (Å²) in [4.78, 5) is 27.9. The van der Waals surface area contributed by atoms with Gasteiger partial charge in [-0.3, -0.25) is 9.59 Å². The Hall–Kier alpha value is -3.02. The van der Waals surface area contributed by atoms with Crippen LogP contribution in [0, 0.1) is 13.8 Å². The molecule has 32 heavy (non-hydrogen) atoms. The van der Waals surface area contributed by atoms with Crippen molar-refractivity contribution in [2.24, 2.45) is 0 Å². The molecule has 0 saturated heterocycles. The molecule has 2 amide bonds. The van der Waals surface area contributed by atoms with Gasteiger partial charge in [0, 0.05) is 12.6 Å². The van der Waals surface area contributed by atoms with Gasteiger partial charge >= 0.3 is 0 Å². The van der Waals surface area contributed by atoms with Gasteiger partial charge in [0.25, 0.3) is 5.91 Å². The highest BCUT2D eigenvalue weighted by Crippen LogP contribution is 2.22. The molecule has 0 saturated carbocycles. The number of methoxy groups -OCH3 is 1. The fourth-order valence-electron chi connectivity index (χ4n) is 3.43. The molecule has 2 rings (SSSR count). The van der Waals surface area contributed by atoms with E-state index in [1.807, 2.05) is 77.1 Å². The predicted molar refractivity (Wildman–Crippen MR) is 127 cm³/mol. The molecule has 2 atom stereocenters. The molecule has 0 heterocycles. The Morgan fingerprint density at radius 2 is 1.78 bits per heavy atom. The van der Waals surface area contributed by atoms with Crippen LogP contribution in [0.3, 0.4) is 0 Å². The number of carbonyl (C=O) groups excluding carboxylic acids is 2. The van der Waals surface area contributed by atoms with Crippen LogP contribution in [0.4, 0.5) is 0 Å². The quantitative estimate of drug-likeness (QED) is 0.562. The van der Waals surface area contributed by atoms with Gasteiger partial charge in [0.2, 0.25) is 5.91 Å². The number of nitrogens with one attached hydrogen (secondary N) is 1. The maximum absolute atomic E-state index is 13.3. The number of ether oxygens (including phenoxy) is 2. The lowest BCUT2D eigenvalue weighted by atomic mass is 10.1. The number of hydrogen-bond acceptors (Lipinski definition) is 4. The molecule has 2 unspecified atom stereocenters.